The zero-order valence-electron chi connectivity index (χ0n) is 8.15. The zero-order valence-corrected chi connectivity index (χ0v) is 8.15. The Morgan fingerprint density at radius 3 is 2.64 bits per heavy atom. The van der Waals surface area contributed by atoms with Crippen LogP contribution < -0.4 is 9.47 Å². The van der Waals surface area contributed by atoms with E-state index < -0.39 is 0 Å². The molecular weight excluding hydrogens is 178 g/mol. The average molecular weight is 189 g/mol. The van der Waals surface area contributed by atoms with E-state index in [0.717, 1.165) is 17.1 Å². The van der Waals surface area contributed by atoms with Gasteiger partial charge in [-0.2, -0.15) is 0 Å². The summed E-state index contributed by atoms with van der Waals surface area (Å²) < 4.78 is 10.2. The van der Waals surface area contributed by atoms with Crippen molar-refractivity contribution in [2.75, 3.05) is 14.2 Å². The number of hydrogen-bond acceptors (Lipinski definition) is 2. The third-order valence-electron chi connectivity index (χ3n) is 1.77. The van der Waals surface area contributed by atoms with Gasteiger partial charge in [-0.05, 0) is 18.2 Å². The Morgan fingerprint density at radius 1 is 1.29 bits per heavy atom. The molecule has 0 bridgehead atoms. The first-order valence-electron chi connectivity index (χ1n) is 4.07. The Kier molecular flexibility index (Phi) is 3.57. The molecule has 0 aliphatic carbocycles. The van der Waals surface area contributed by atoms with Gasteiger partial charge in [-0.25, -0.2) is 4.85 Å². The predicted octanol–water partition coefficient (Wildman–Crippen LogP) is 2.59. The summed E-state index contributed by atoms with van der Waals surface area (Å²) in [5.74, 6) is 1.47. The van der Waals surface area contributed by atoms with E-state index >= 15 is 0 Å². The molecule has 0 aromatic heterocycles. The third kappa shape index (κ3) is 2.27. The second-order valence-corrected chi connectivity index (χ2v) is 2.55. The molecule has 0 saturated carbocycles. The van der Waals surface area contributed by atoms with Gasteiger partial charge in [-0.1, -0.05) is 6.08 Å². The van der Waals surface area contributed by atoms with Crippen LogP contribution in [0.2, 0.25) is 0 Å². The van der Waals surface area contributed by atoms with E-state index in [-0.39, 0.29) is 0 Å². The van der Waals surface area contributed by atoms with Crippen molar-refractivity contribution >= 4 is 6.08 Å². The van der Waals surface area contributed by atoms with Gasteiger partial charge in [-0.15, -0.1) is 0 Å². The summed E-state index contributed by atoms with van der Waals surface area (Å²) in [6, 6.07) is 5.44. The molecule has 0 aliphatic rings. The maximum atomic E-state index is 6.64. The smallest absolute Gasteiger partial charge is 0.154 e. The van der Waals surface area contributed by atoms with E-state index in [0.29, 0.717) is 0 Å². The average Bonchev–Trinajstić information content (AvgIpc) is 2.25. The lowest BCUT2D eigenvalue weighted by atomic mass is 10.2. The van der Waals surface area contributed by atoms with Crippen LogP contribution in [0.1, 0.15) is 5.56 Å². The molecule has 72 valence electrons. The Morgan fingerprint density at radius 2 is 2.07 bits per heavy atom. The lowest BCUT2D eigenvalue weighted by Gasteiger charge is -2.06. The van der Waals surface area contributed by atoms with E-state index in [1.807, 2.05) is 18.2 Å². The summed E-state index contributed by atoms with van der Waals surface area (Å²) in [4.78, 5) is 3.13. The fraction of sp³-hybridized carbons (Fsp3) is 0.182. The molecular formula is C11H11NO2. The Labute approximate surface area is 83.4 Å². The van der Waals surface area contributed by atoms with Crippen molar-refractivity contribution in [1.82, 2.24) is 0 Å². The highest BCUT2D eigenvalue weighted by Crippen LogP contribution is 2.24. The molecule has 14 heavy (non-hydrogen) atoms. The minimum Gasteiger partial charge on any atom is -0.497 e. The molecule has 0 amide bonds. The fourth-order valence-corrected chi connectivity index (χ4v) is 1.09. The van der Waals surface area contributed by atoms with Crippen LogP contribution in [0, 0.1) is 6.57 Å². The second-order valence-electron chi connectivity index (χ2n) is 2.55. The van der Waals surface area contributed by atoms with Gasteiger partial charge in [0.05, 0.1) is 20.8 Å². The van der Waals surface area contributed by atoms with Crippen molar-refractivity contribution in [1.29, 1.82) is 0 Å². The van der Waals surface area contributed by atoms with Crippen LogP contribution >= 0.6 is 0 Å². The van der Waals surface area contributed by atoms with Crippen molar-refractivity contribution < 1.29 is 9.47 Å². The molecule has 3 nitrogen and oxygen atoms in total. The van der Waals surface area contributed by atoms with Gasteiger partial charge < -0.3 is 9.47 Å². The van der Waals surface area contributed by atoms with Crippen LogP contribution in [0.4, 0.5) is 0 Å². The molecule has 3 heteroatoms. The Hall–Kier alpha value is -1.95. The molecule has 0 saturated heterocycles. The molecule has 0 atom stereocenters. The summed E-state index contributed by atoms with van der Waals surface area (Å²) in [5.41, 5.74) is 0.836. The van der Waals surface area contributed by atoms with E-state index in [9.17, 15) is 0 Å². The monoisotopic (exact) mass is 189 g/mol. The summed E-state index contributed by atoms with van der Waals surface area (Å²) >= 11 is 0. The van der Waals surface area contributed by atoms with Crippen LogP contribution in [0.5, 0.6) is 11.5 Å². The summed E-state index contributed by atoms with van der Waals surface area (Å²) in [7, 11) is 3.20. The van der Waals surface area contributed by atoms with E-state index in [1.54, 1.807) is 20.3 Å². The number of methoxy groups -OCH3 is 2. The highest BCUT2D eigenvalue weighted by atomic mass is 16.5. The van der Waals surface area contributed by atoms with E-state index in [2.05, 4.69) is 4.85 Å². The molecule has 0 fully saturated rings. The molecule has 0 N–H and O–H groups in total. The van der Waals surface area contributed by atoms with Crippen LogP contribution in [-0.4, -0.2) is 14.2 Å². The van der Waals surface area contributed by atoms with Gasteiger partial charge in [0, 0.05) is 5.56 Å². The lowest BCUT2D eigenvalue weighted by molar-refractivity contribution is 0.402. The normalized spacial score (nSPS) is 9.79. The molecule has 1 aromatic rings. The van der Waals surface area contributed by atoms with Gasteiger partial charge in [0.15, 0.2) is 6.20 Å². The second kappa shape index (κ2) is 4.93. The first kappa shape index (κ1) is 10.1. The van der Waals surface area contributed by atoms with E-state index in [4.69, 9.17) is 16.0 Å². The largest absolute Gasteiger partial charge is 0.497 e. The van der Waals surface area contributed by atoms with Crippen molar-refractivity contribution in [3.05, 3.63) is 41.4 Å². The zero-order chi connectivity index (χ0) is 10.4. The van der Waals surface area contributed by atoms with Crippen LogP contribution in [-0.2, 0) is 0 Å². The summed E-state index contributed by atoms with van der Waals surface area (Å²) in [6.45, 7) is 6.64. The first-order chi connectivity index (χ1) is 6.81. The number of ether oxygens (including phenoxy) is 2. The maximum absolute atomic E-state index is 6.64. The standard InChI is InChI=1S/C11H11NO2/c1-12-7-6-9-8-10(13-2)4-5-11(9)14-3/h4-8H,2-3H3. The number of nitrogens with zero attached hydrogens (tertiary/aromatic N) is 1. The lowest BCUT2D eigenvalue weighted by Crippen LogP contribution is -1.88. The third-order valence-corrected chi connectivity index (χ3v) is 1.77. The predicted molar refractivity (Wildman–Crippen MR) is 55.2 cm³/mol. The molecule has 0 aliphatic heterocycles. The quantitative estimate of drug-likeness (QED) is 0.682. The molecule has 1 rings (SSSR count). The fourth-order valence-electron chi connectivity index (χ4n) is 1.09. The molecule has 1 aromatic carbocycles. The topological polar surface area (TPSA) is 22.8 Å². The maximum Gasteiger partial charge on any atom is 0.154 e. The molecule has 0 radical (unpaired) electrons. The van der Waals surface area contributed by atoms with E-state index in [1.165, 1.54) is 6.20 Å². The van der Waals surface area contributed by atoms with Gasteiger partial charge in [0.1, 0.15) is 11.5 Å². The number of hydrogen-bond donors (Lipinski definition) is 0. The van der Waals surface area contributed by atoms with Gasteiger partial charge in [0.25, 0.3) is 0 Å². The minimum atomic E-state index is 0.728. The number of rotatable bonds is 3. The van der Waals surface area contributed by atoms with Crippen molar-refractivity contribution in [2.45, 2.75) is 0 Å². The summed E-state index contributed by atoms with van der Waals surface area (Å²) in [5, 5.41) is 0. The van der Waals surface area contributed by atoms with Crippen LogP contribution in [0.25, 0.3) is 10.9 Å². The molecule has 0 heterocycles. The van der Waals surface area contributed by atoms with Crippen molar-refractivity contribution in [3.63, 3.8) is 0 Å². The van der Waals surface area contributed by atoms with Gasteiger partial charge >= 0.3 is 0 Å². The Bertz CT molecular complexity index is 377. The van der Waals surface area contributed by atoms with Gasteiger partial charge in [-0.3, -0.25) is 0 Å². The number of benzene rings is 1. The van der Waals surface area contributed by atoms with Crippen LogP contribution in [0.15, 0.2) is 24.4 Å². The molecule has 0 spiro atoms. The highest BCUT2D eigenvalue weighted by molar-refractivity contribution is 5.60. The molecule has 0 unspecified atom stereocenters. The first-order valence-corrected chi connectivity index (χ1v) is 4.07. The SMILES string of the molecule is [C-]#[N+]C=Cc1cc(OC)ccc1OC. The van der Waals surface area contributed by atoms with Crippen LogP contribution in [0.3, 0.4) is 0 Å². The Balaban J connectivity index is 3.09. The van der Waals surface area contributed by atoms with Crippen molar-refractivity contribution in [2.24, 2.45) is 0 Å². The minimum absolute atomic E-state index is 0.728. The van der Waals surface area contributed by atoms with Gasteiger partial charge in [0.2, 0.25) is 0 Å². The van der Waals surface area contributed by atoms with Crippen molar-refractivity contribution in [3.8, 4) is 11.5 Å². The highest BCUT2D eigenvalue weighted by Gasteiger charge is 2.00. The summed E-state index contributed by atoms with van der Waals surface area (Å²) in [6.07, 6.45) is 3.08.